The molecule has 0 spiro atoms. The normalized spacial score (nSPS) is 10.8. The second-order valence-corrected chi connectivity index (χ2v) is 5.07. The van der Waals surface area contributed by atoms with Crippen molar-refractivity contribution in [2.45, 2.75) is 39.5 Å². The van der Waals surface area contributed by atoms with Crippen LogP contribution in [0.5, 0.6) is 0 Å². The minimum atomic E-state index is 0.702. The molecule has 0 saturated heterocycles. The number of nitrogens with one attached hydrogen (secondary N) is 1. The standard InChI is InChI=1S/C17H24N4/c1-4-15-14(9-11-18-3)16(5-2)21-17(20-15)12-13-8-6-7-10-19-13/h6-8,10,18H,4-5,9,11-12H2,1-3H3. The maximum Gasteiger partial charge on any atom is 0.134 e. The van der Waals surface area contributed by atoms with Crippen molar-refractivity contribution < 1.29 is 0 Å². The molecule has 2 rings (SSSR count). The van der Waals surface area contributed by atoms with Crippen molar-refractivity contribution in [1.29, 1.82) is 0 Å². The van der Waals surface area contributed by atoms with Crippen molar-refractivity contribution in [2.75, 3.05) is 13.6 Å². The van der Waals surface area contributed by atoms with E-state index in [1.807, 2.05) is 31.4 Å². The molecule has 0 amide bonds. The fraction of sp³-hybridized carbons (Fsp3) is 0.471. The number of pyridine rings is 1. The average molecular weight is 284 g/mol. The highest BCUT2D eigenvalue weighted by molar-refractivity contribution is 5.28. The summed E-state index contributed by atoms with van der Waals surface area (Å²) >= 11 is 0. The second kappa shape index (κ2) is 7.84. The first-order chi connectivity index (χ1) is 10.3. The molecule has 0 bridgehead atoms. The Kier molecular flexibility index (Phi) is 5.81. The lowest BCUT2D eigenvalue weighted by Crippen LogP contribution is -2.16. The Bertz CT molecular complexity index is 541. The number of hydrogen-bond donors (Lipinski definition) is 1. The topological polar surface area (TPSA) is 50.7 Å². The molecule has 112 valence electrons. The first-order valence-electron chi connectivity index (χ1n) is 7.70. The number of hydrogen-bond acceptors (Lipinski definition) is 4. The van der Waals surface area contributed by atoms with Crippen molar-refractivity contribution in [2.24, 2.45) is 0 Å². The van der Waals surface area contributed by atoms with Crippen molar-refractivity contribution in [1.82, 2.24) is 20.3 Å². The highest BCUT2D eigenvalue weighted by Crippen LogP contribution is 2.15. The van der Waals surface area contributed by atoms with Crippen molar-refractivity contribution in [3.63, 3.8) is 0 Å². The summed E-state index contributed by atoms with van der Waals surface area (Å²) in [5.41, 5.74) is 4.70. The summed E-state index contributed by atoms with van der Waals surface area (Å²) in [4.78, 5) is 13.9. The molecular formula is C17H24N4. The van der Waals surface area contributed by atoms with Crippen molar-refractivity contribution in [3.05, 3.63) is 52.9 Å². The molecule has 0 aromatic carbocycles. The first kappa shape index (κ1) is 15.6. The van der Waals surface area contributed by atoms with Crippen LogP contribution >= 0.6 is 0 Å². The molecule has 1 N–H and O–H groups in total. The lowest BCUT2D eigenvalue weighted by Gasteiger charge is -2.13. The minimum absolute atomic E-state index is 0.702. The summed E-state index contributed by atoms with van der Waals surface area (Å²) in [5.74, 6) is 0.885. The Morgan fingerprint density at radius 1 is 1.05 bits per heavy atom. The maximum absolute atomic E-state index is 4.77. The zero-order valence-corrected chi connectivity index (χ0v) is 13.2. The van der Waals surface area contributed by atoms with Crippen LogP contribution in [0.1, 0.15) is 42.3 Å². The molecule has 0 fully saturated rings. The summed E-state index contributed by atoms with van der Waals surface area (Å²) in [5, 5.41) is 3.21. The molecule has 0 aliphatic carbocycles. The average Bonchev–Trinajstić information content (AvgIpc) is 2.53. The Morgan fingerprint density at radius 3 is 2.29 bits per heavy atom. The molecule has 2 heterocycles. The van der Waals surface area contributed by atoms with E-state index in [1.54, 1.807) is 0 Å². The number of aromatic nitrogens is 3. The SMILES string of the molecule is CCc1nc(Cc2ccccn2)nc(CC)c1CCNC. The monoisotopic (exact) mass is 284 g/mol. The fourth-order valence-electron chi connectivity index (χ4n) is 2.51. The number of nitrogens with zero attached hydrogens (tertiary/aromatic N) is 3. The van der Waals surface area contributed by atoms with Gasteiger partial charge in [0.2, 0.25) is 0 Å². The van der Waals surface area contributed by atoms with Gasteiger partial charge in [-0.2, -0.15) is 0 Å². The predicted molar refractivity (Wildman–Crippen MR) is 85.5 cm³/mol. The van der Waals surface area contributed by atoms with Gasteiger partial charge in [-0.3, -0.25) is 4.98 Å². The van der Waals surface area contributed by atoms with Gasteiger partial charge >= 0.3 is 0 Å². The smallest absolute Gasteiger partial charge is 0.134 e. The summed E-state index contributed by atoms with van der Waals surface area (Å²) < 4.78 is 0. The van der Waals surface area contributed by atoms with Crippen LogP contribution in [0, 0.1) is 0 Å². The van der Waals surface area contributed by atoms with E-state index < -0.39 is 0 Å². The molecule has 0 atom stereocenters. The Morgan fingerprint density at radius 2 is 1.76 bits per heavy atom. The lowest BCUT2D eigenvalue weighted by atomic mass is 10.0. The van der Waals surface area contributed by atoms with Crippen molar-refractivity contribution in [3.8, 4) is 0 Å². The molecule has 4 heteroatoms. The molecular weight excluding hydrogens is 260 g/mol. The van der Waals surface area contributed by atoms with E-state index in [1.165, 1.54) is 17.0 Å². The number of aryl methyl sites for hydroxylation is 2. The van der Waals surface area contributed by atoms with Crippen LogP contribution in [0.2, 0.25) is 0 Å². The van der Waals surface area contributed by atoms with Crippen LogP contribution in [0.3, 0.4) is 0 Å². The zero-order chi connectivity index (χ0) is 15.1. The quantitative estimate of drug-likeness (QED) is 0.848. The Labute approximate surface area is 127 Å². The third kappa shape index (κ3) is 4.08. The summed E-state index contributed by atoms with van der Waals surface area (Å²) in [6.45, 7) is 5.29. The highest BCUT2D eigenvalue weighted by Gasteiger charge is 2.12. The van der Waals surface area contributed by atoms with Gasteiger partial charge in [-0.05, 0) is 50.6 Å². The third-order valence-corrected chi connectivity index (χ3v) is 3.58. The molecule has 4 nitrogen and oxygen atoms in total. The first-order valence-corrected chi connectivity index (χ1v) is 7.70. The van der Waals surface area contributed by atoms with E-state index >= 15 is 0 Å². The number of rotatable bonds is 7. The van der Waals surface area contributed by atoms with Crippen LogP contribution in [-0.4, -0.2) is 28.5 Å². The van der Waals surface area contributed by atoms with Gasteiger partial charge in [0.1, 0.15) is 5.82 Å². The van der Waals surface area contributed by atoms with Crippen LogP contribution < -0.4 is 5.32 Å². The predicted octanol–water partition coefficient (Wildman–Crippen LogP) is 2.35. The van der Waals surface area contributed by atoms with Crippen LogP contribution in [0.4, 0.5) is 0 Å². The molecule has 0 aliphatic heterocycles. The van der Waals surface area contributed by atoms with E-state index in [0.29, 0.717) is 6.42 Å². The molecule has 2 aromatic heterocycles. The van der Waals surface area contributed by atoms with E-state index in [4.69, 9.17) is 9.97 Å². The van der Waals surface area contributed by atoms with E-state index in [-0.39, 0.29) is 0 Å². The third-order valence-electron chi connectivity index (χ3n) is 3.58. The molecule has 21 heavy (non-hydrogen) atoms. The minimum Gasteiger partial charge on any atom is -0.319 e. The fourth-order valence-corrected chi connectivity index (χ4v) is 2.51. The van der Waals surface area contributed by atoms with Gasteiger partial charge < -0.3 is 5.32 Å². The van der Waals surface area contributed by atoms with Gasteiger partial charge in [0.05, 0.1) is 6.42 Å². The lowest BCUT2D eigenvalue weighted by molar-refractivity contribution is 0.746. The summed E-state index contributed by atoms with van der Waals surface area (Å²) in [6, 6.07) is 5.96. The van der Waals surface area contributed by atoms with Gasteiger partial charge in [0.25, 0.3) is 0 Å². The van der Waals surface area contributed by atoms with Gasteiger partial charge in [-0.1, -0.05) is 19.9 Å². The Hall–Kier alpha value is -1.81. The summed E-state index contributed by atoms with van der Waals surface area (Å²) in [6.07, 6.45) is 5.41. The van der Waals surface area contributed by atoms with E-state index in [0.717, 1.165) is 37.3 Å². The van der Waals surface area contributed by atoms with Crippen molar-refractivity contribution >= 4 is 0 Å². The molecule has 0 saturated carbocycles. The van der Waals surface area contributed by atoms with Gasteiger partial charge in [0.15, 0.2) is 0 Å². The van der Waals surface area contributed by atoms with E-state index in [9.17, 15) is 0 Å². The van der Waals surface area contributed by atoms with Gasteiger partial charge in [-0.15, -0.1) is 0 Å². The maximum atomic E-state index is 4.77. The molecule has 2 aromatic rings. The van der Waals surface area contributed by atoms with Gasteiger partial charge in [-0.25, -0.2) is 9.97 Å². The molecule has 0 radical (unpaired) electrons. The van der Waals surface area contributed by atoms with Gasteiger partial charge in [0, 0.05) is 23.3 Å². The van der Waals surface area contributed by atoms with Crippen LogP contribution in [-0.2, 0) is 25.7 Å². The van der Waals surface area contributed by atoms with Crippen LogP contribution in [0.25, 0.3) is 0 Å². The largest absolute Gasteiger partial charge is 0.319 e. The zero-order valence-electron chi connectivity index (χ0n) is 13.2. The van der Waals surface area contributed by atoms with Crippen LogP contribution in [0.15, 0.2) is 24.4 Å². The second-order valence-electron chi connectivity index (χ2n) is 5.07. The summed E-state index contributed by atoms with van der Waals surface area (Å²) in [7, 11) is 1.98. The Balaban J connectivity index is 2.31. The van der Waals surface area contributed by atoms with E-state index in [2.05, 4.69) is 24.1 Å². The molecule has 0 unspecified atom stereocenters. The number of likely N-dealkylation sites (N-methyl/N-ethyl adjacent to an activating group) is 1. The molecule has 0 aliphatic rings. The highest BCUT2D eigenvalue weighted by atomic mass is 14.9.